The predicted molar refractivity (Wildman–Crippen MR) is 86.5 cm³/mol. The van der Waals surface area contributed by atoms with Gasteiger partial charge in [-0.25, -0.2) is 4.79 Å². The number of piperidine rings is 1. The number of hydrogen-bond acceptors (Lipinski definition) is 4. The van der Waals surface area contributed by atoms with Crippen LogP contribution in [0.3, 0.4) is 0 Å². The van der Waals surface area contributed by atoms with Gasteiger partial charge in [0.25, 0.3) is 0 Å². The molecule has 1 aliphatic heterocycles. The lowest BCUT2D eigenvalue weighted by Crippen LogP contribution is -2.40. The molecule has 1 aromatic carbocycles. The van der Waals surface area contributed by atoms with E-state index in [2.05, 4.69) is 11.8 Å². The fourth-order valence-corrected chi connectivity index (χ4v) is 2.83. The molecular weight excluding hydrogens is 278 g/mol. The van der Waals surface area contributed by atoms with Gasteiger partial charge in [0.15, 0.2) is 0 Å². The fourth-order valence-electron chi connectivity index (χ4n) is 2.83. The lowest BCUT2D eigenvalue weighted by atomic mass is 10.1. The first kappa shape index (κ1) is 14.9. The van der Waals surface area contributed by atoms with Crippen molar-refractivity contribution in [2.45, 2.75) is 25.9 Å². The molecule has 0 spiro atoms. The molecule has 1 unspecified atom stereocenters. The summed E-state index contributed by atoms with van der Waals surface area (Å²) < 4.78 is 11.2. The molecule has 0 saturated carbocycles. The normalized spacial score (nSPS) is 19.8. The van der Waals surface area contributed by atoms with Gasteiger partial charge >= 0.3 is 5.97 Å². The number of fused-ring (bicyclic) bond motifs is 1. The molecule has 116 valence electrons. The lowest BCUT2D eigenvalue weighted by molar-refractivity contribution is -0.145. The minimum atomic E-state index is -0.302. The van der Waals surface area contributed by atoms with Gasteiger partial charge in [0.05, 0.1) is 0 Å². The van der Waals surface area contributed by atoms with Crippen LogP contribution in [0.5, 0.6) is 0 Å². The smallest absolute Gasteiger partial charge is 0.331 e. The Balaban J connectivity index is 1.58. The second-order valence-corrected chi connectivity index (χ2v) is 5.61. The molecule has 1 aromatic heterocycles. The summed E-state index contributed by atoms with van der Waals surface area (Å²) in [5.41, 5.74) is 0.821. The molecule has 2 heterocycles. The van der Waals surface area contributed by atoms with Gasteiger partial charge in [-0.3, -0.25) is 4.90 Å². The molecule has 2 aromatic rings. The largest absolute Gasteiger partial charge is 0.458 e. The molecule has 0 radical (unpaired) electrons. The number of rotatable bonds is 4. The van der Waals surface area contributed by atoms with Crippen molar-refractivity contribution < 1.29 is 13.9 Å². The summed E-state index contributed by atoms with van der Waals surface area (Å²) in [6, 6.07) is 9.69. The summed E-state index contributed by atoms with van der Waals surface area (Å²) in [7, 11) is 0. The van der Waals surface area contributed by atoms with E-state index in [-0.39, 0.29) is 12.1 Å². The van der Waals surface area contributed by atoms with Crippen LogP contribution in [0, 0.1) is 0 Å². The van der Waals surface area contributed by atoms with E-state index in [1.807, 2.05) is 30.3 Å². The first-order chi connectivity index (χ1) is 10.7. The van der Waals surface area contributed by atoms with Crippen molar-refractivity contribution in [1.82, 2.24) is 4.90 Å². The minimum absolute atomic E-state index is 0.00141. The van der Waals surface area contributed by atoms with E-state index in [1.165, 1.54) is 6.08 Å². The minimum Gasteiger partial charge on any atom is -0.458 e. The Bertz CT molecular complexity index is 641. The molecule has 0 aliphatic carbocycles. The van der Waals surface area contributed by atoms with Crippen molar-refractivity contribution in [1.29, 1.82) is 0 Å². The fraction of sp³-hybridized carbons (Fsp3) is 0.389. The third kappa shape index (κ3) is 3.57. The third-order valence-corrected chi connectivity index (χ3v) is 4.02. The summed E-state index contributed by atoms with van der Waals surface area (Å²) in [5.74, 6) is 0.361. The Hall–Kier alpha value is -2.07. The van der Waals surface area contributed by atoms with Crippen molar-refractivity contribution in [2.24, 2.45) is 0 Å². The second kappa shape index (κ2) is 6.79. The molecule has 0 amide bonds. The molecule has 4 nitrogen and oxygen atoms in total. The van der Waals surface area contributed by atoms with E-state index < -0.39 is 0 Å². The van der Waals surface area contributed by atoms with E-state index in [9.17, 15) is 4.79 Å². The van der Waals surface area contributed by atoms with Crippen LogP contribution < -0.4 is 0 Å². The number of ether oxygens (including phenoxy) is 1. The number of carbonyl (C=O) groups is 1. The Morgan fingerprint density at radius 1 is 1.45 bits per heavy atom. The molecular formula is C18H21NO3. The van der Waals surface area contributed by atoms with E-state index in [0.717, 1.165) is 43.4 Å². The summed E-state index contributed by atoms with van der Waals surface area (Å²) in [6.45, 7) is 5.06. The number of esters is 1. The molecule has 1 aliphatic rings. The molecule has 1 saturated heterocycles. The number of likely N-dealkylation sites (N-methyl/N-ethyl adjacent to an activating group) is 1. The quantitative estimate of drug-likeness (QED) is 0.640. The SMILES string of the molecule is CCN1CCCC(OC(=O)/C=C/c2cc3ccccc3o2)C1. The maximum atomic E-state index is 11.9. The van der Waals surface area contributed by atoms with Gasteiger partial charge < -0.3 is 9.15 Å². The Morgan fingerprint density at radius 3 is 3.14 bits per heavy atom. The van der Waals surface area contributed by atoms with Gasteiger partial charge in [0, 0.05) is 18.0 Å². The summed E-state index contributed by atoms with van der Waals surface area (Å²) in [6.07, 6.45) is 5.15. The second-order valence-electron chi connectivity index (χ2n) is 5.61. The lowest BCUT2D eigenvalue weighted by Gasteiger charge is -2.31. The summed E-state index contributed by atoms with van der Waals surface area (Å²) in [4.78, 5) is 14.2. The highest BCUT2D eigenvalue weighted by molar-refractivity contribution is 5.88. The van der Waals surface area contributed by atoms with Crippen LogP contribution in [0.2, 0.25) is 0 Å². The number of para-hydroxylation sites is 1. The van der Waals surface area contributed by atoms with Crippen LogP contribution in [0.25, 0.3) is 17.0 Å². The third-order valence-electron chi connectivity index (χ3n) is 4.02. The van der Waals surface area contributed by atoms with Crippen LogP contribution in [0.15, 0.2) is 40.8 Å². The zero-order chi connectivity index (χ0) is 15.4. The first-order valence-electron chi connectivity index (χ1n) is 7.84. The highest BCUT2D eigenvalue weighted by Gasteiger charge is 2.21. The topological polar surface area (TPSA) is 42.7 Å². The van der Waals surface area contributed by atoms with Gasteiger partial charge in [0.2, 0.25) is 0 Å². The maximum Gasteiger partial charge on any atom is 0.331 e. The molecule has 22 heavy (non-hydrogen) atoms. The van der Waals surface area contributed by atoms with Crippen molar-refractivity contribution in [2.75, 3.05) is 19.6 Å². The number of likely N-dealkylation sites (tertiary alicyclic amines) is 1. The van der Waals surface area contributed by atoms with Crippen LogP contribution in [-0.4, -0.2) is 36.6 Å². The molecule has 0 bridgehead atoms. The zero-order valence-electron chi connectivity index (χ0n) is 12.8. The molecule has 4 heteroatoms. The highest BCUT2D eigenvalue weighted by atomic mass is 16.5. The van der Waals surface area contributed by atoms with Crippen molar-refractivity contribution in [3.63, 3.8) is 0 Å². The monoisotopic (exact) mass is 299 g/mol. The van der Waals surface area contributed by atoms with E-state index >= 15 is 0 Å². The number of furan rings is 1. The Labute approximate surface area is 130 Å². The summed E-state index contributed by atoms with van der Waals surface area (Å²) in [5, 5.41) is 1.03. The number of benzene rings is 1. The van der Waals surface area contributed by atoms with E-state index in [0.29, 0.717) is 5.76 Å². The van der Waals surface area contributed by atoms with Crippen LogP contribution >= 0.6 is 0 Å². The van der Waals surface area contributed by atoms with Gasteiger partial charge in [-0.15, -0.1) is 0 Å². The standard InChI is InChI=1S/C18H21NO3/c1-2-19-11-5-7-16(13-19)22-18(20)10-9-15-12-14-6-3-4-8-17(14)21-15/h3-4,6,8-10,12,16H,2,5,7,11,13H2,1H3/b10-9+. The Morgan fingerprint density at radius 2 is 2.32 bits per heavy atom. The van der Waals surface area contributed by atoms with Crippen LogP contribution in [-0.2, 0) is 9.53 Å². The average molecular weight is 299 g/mol. The van der Waals surface area contributed by atoms with Gasteiger partial charge in [0.1, 0.15) is 17.4 Å². The predicted octanol–water partition coefficient (Wildman–Crippen LogP) is 3.47. The van der Waals surface area contributed by atoms with E-state index in [1.54, 1.807) is 6.08 Å². The molecule has 1 fully saturated rings. The summed E-state index contributed by atoms with van der Waals surface area (Å²) >= 11 is 0. The Kier molecular flexibility index (Phi) is 4.59. The van der Waals surface area contributed by atoms with Crippen molar-refractivity contribution in [3.05, 3.63) is 42.2 Å². The number of hydrogen-bond donors (Lipinski definition) is 0. The van der Waals surface area contributed by atoms with Gasteiger partial charge in [-0.05, 0) is 44.1 Å². The van der Waals surface area contributed by atoms with Gasteiger partial charge in [-0.1, -0.05) is 25.1 Å². The highest BCUT2D eigenvalue weighted by Crippen LogP contribution is 2.20. The average Bonchev–Trinajstić information content (AvgIpc) is 2.96. The first-order valence-corrected chi connectivity index (χ1v) is 7.84. The van der Waals surface area contributed by atoms with Crippen LogP contribution in [0.4, 0.5) is 0 Å². The molecule has 0 N–H and O–H groups in total. The maximum absolute atomic E-state index is 11.9. The van der Waals surface area contributed by atoms with Crippen molar-refractivity contribution >= 4 is 23.0 Å². The van der Waals surface area contributed by atoms with Crippen molar-refractivity contribution in [3.8, 4) is 0 Å². The zero-order valence-corrected chi connectivity index (χ0v) is 12.8. The van der Waals surface area contributed by atoms with E-state index in [4.69, 9.17) is 9.15 Å². The van der Waals surface area contributed by atoms with Crippen LogP contribution in [0.1, 0.15) is 25.5 Å². The number of nitrogens with zero attached hydrogens (tertiary/aromatic N) is 1. The molecule has 1 atom stereocenters. The molecule has 3 rings (SSSR count). The van der Waals surface area contributed by atoms with Gasteiger partial charge in [-0.2, -0.15) is 0 Å². The number of carbonyl (C=O) groups excluding carboxylic acids is 1.